The molecule has 0 radical (unpaired) electrons. The van der Waals surface area contributed by atoms with E-state index in [-0.39, 0.29) is 5.92 Å². The first-order valence-electron chi connectivity index (χ1n) is 7.09. The van der Waals surface area contributed by atoms with Crippen LogP contribution in [0.25, 0.3) is 0 Å². The fraction of sp³-hybridized carbons (Fsp3) is 0.562. The van der Waals surface area contributed by atoms with Gasteiger partial charge < -0.3 is 14.6 Å². The number of rotatable bonds is 8. The molecular formula is C16H25NO4. The molecule has 0 saturated heterocycles. The lowest BCUT2D eigenvalue weighted by molar-refractivity contribution is -0.141. The van der Waals surface area contributed by atoms with Gasteiger partial charge in [0.05, 0.1) is 20.1 Å². The van der Waals surface area contributed by atoms with Gasteiger partial charge in [-0.05, 0) is 36.7 Å². The van der Waals surface area contributed by atoms with Crippen molar-refractivity contribution in [2.45, 2.75) is 27.3 Å². The predicted molar refractivity (Wildman–Crippen MR) is 82.0 cm³/mol. The molecule has 0 amide bonds. The first kappa shape index (κ1) is 17.3. The van der Waals surface area contributed by atoms with Crippen LogP contribution in [0.1, 0.15) is 25.0 Å². The fourth-order valence-electron chi connectivity index (χ4n) is 2.20. The number of methoxy groups -OCH3 is 2. The molecular weight excluding hydrogens is 270 g/mol. The van der Waals surface area contributed by atoms with E-state index < -0.39 is 5.97 Å². The lowest BCUT2D eigenvalue weighted by atomic mass is 10.1. The molecule has 1 unspecified atom stereocenters. The van der Waals surface area contributed by atoms with Crippen molar-refractivity contribution in [3.8, 4) is 11.5 Å². The monoisotopic (exact) mass is 295 g/mol. The van der Waals surface area contributed by atoms with Crippen LogP contribution < -0.4 is 9.47 Å². The first-order valence-corrected chi connectivity index (χ1v) is 7.09. The number of aryl methyl sites for hydroxylation is 1. The van der Waals surface area contributed by atoms with Gasteiger partial charge in [-0.3, -0.25) is 9.69 Å². The van der Waals surface area contributed by atoms with Crippen molar-refractivity contribution in [1.29, 1.82) is 0 Å². The molecule has 0 spiro atoms. The number of ether oxygens (including phenoxy) is 2. The average Bonchev–Trinajstić information content (AvgIpc) is 2.47. The van der Waals surface area contributed by atoms with E-state index in [9.17, 15) is 4.79 Å². The molecule has 0 heterocycles. The standard InChI is InChI=1S/C16H25NO4/c1-6-17(9-12(3)16(18)19)10-13-8-15(21-5)14(20-4)7-11(13)2/h7-8,12H,6,9-10H2,1-5H3,(H,18,19). The molecule has 1 aromatic rings. The number of hydrogen-bond acceptors (Lipinski definition) is 4. The Morgan fingerprint density at radius 3 is 2.33 bits per heavy atom. The number of nitrogens with zero attached hydrogens (tertiary/aromatic N) is 1. The summed E-state index contributed by atoms with van der Waals surface area (Å²) in [5, 5.41) is 9.03. The Labute approximate surface area is 126 Å². The molecule has 1 rings (SSSR count). The summed E-state index contributed by atoms with van der Waals surface area (Å²) in [4.78, 5) is 13.1. The molecule has 1 aromatic carbocycles. The van der Waals surface area contributed by atoms with E-state index in [4.69, 9.17) is 14.6 Å². The van der Waals surface area contributed by atoms with Crippen LogP contribution in [0.2, 0.25) is 0 Å². The minimum absolute atomic E-state index is 0.384. The second-order valence-electron chi connectivity index (χ2n) is 5.20. The van der Waals surface area contributed by atoms with Crippen molar-refractivity contribution in [3.63, 3.8) is 0 Å². The third-order valence-electron chi connectivity index (χ3n) is 3.64. The second kappa shape index (κ2) is 7.88. The van der Waals surface area contributed by atoms with Crippen LogP contribution in [-0.2, 0) is 11.3 Å². The minimum atomic E-state index is -0.766. The normalized spacial score (nSPS) is 12.3. The smallest absolute Gasteiger partial charge is 0.307 e. The minimum Gasteiger partial charge on any atom is -0.493 e. The number of aliphatic carboxylic acids is 1. The molecule has 5 nitrogen and oxygen atoms in total. The van der Waals surface area contributed by atoms with Crippen LogP contribution in [-0.4, -0.2) is 43.3 Å². The predicted octanol–water partition coefficient (Wildman–Crippen LogP) is 2.55. The van der Waals surface area contributed by atoms with Crippen LogP contribution in [0.3, 0.4) is 0 Å². The molecule has 0 bridgehead atoms. The van der Waals surface area contributed by atoms with Gasteiger partial charge in [0.15, 0.2) is 11.5 Å². The van der Waals surface area contributed by atoms with Crippen molar-refractivity contribution in [2.24, 2.45) is 5.92 Å². The van der Waals surface area contributed by atoms with Gasteiger partial charge in [-0.2, -0.15) is 0 Å². The maximum Gasteiger partial charge on any atom is 0.307 e. The largest absolute Gasteiger partial charge is 0.493 e. The number of carbonyl (C=O) groups is 1. The molecule has 0 aromatic heterocycles. The topological polar surface area (TPSA) is 59.0 Å². The van der Waals surface area contributed by atoms with Crippen molar-refractivity contribution >= 4 is 5.97 Å². The third kappa shape index (κ3) is 4.63. The Hall–Kier alpha value is -1.75. The van der Waals surface area contributed by atoms with Gasteiger partial charge in [0.25, 0.3) is 0 Å². The number of benzene rings is 1. The first-order chi connectivity index (χ1) is 9.92. The van der Waals surface area contributed by atoms with Crippen molar-refractivity contribution in [2.75, 3.05) is 27.3 Å². The lowest BCUT2D eigenvalue weighted by Crippen LogP contribution is -2.31. The molecule has 0 saturated carbocycles. The summed E-state index contributed by atoms with van der Waals surface area (Å²) in [5.41, 5.74) is 2.22. The highest BCUT2D eigenvalue weighted by atomic mass is 16.5. The number of hydrogen-bond donors (Lipinski definition) is 1. The van der Waals surface area contributed by atoms with Crippen LogP contribution in [0.15, 0.2) is 12.1 Å². The van der Waals surface area contributed by atoms with Crippen molar-refractivity contribution < 1.29 is 19.4 Å². The van der Waals surface area contributed by atoms with Crippen LogP contribution in [0.5, 0.6) is 11.5 Å². The zero-order chi connectivity index (χ0) is 16.0. The molecule has 5 heteroatoms. The Kier molecular flexibility index (Phi) is 6.49. The Morgan fingerprint density at radius 1 is 1.29 bits per heavy atom. The van der Waals surface area contributed by atoms with Gasteiger partial charge in [0.2, 0.25) is 0 Å². The van der Waals surface area contributed by atoms with E-state index in [0.29, 0.717) is 24.6 Å². The third-order valence-corrected chi connectivity index (χ3v) is 3.64. The molecule has 118 valence electrons. The highest BCUT2D eigenvalue weighted by Crippen LogP contribution is 2.30. The van der Waals surface area contributed by atoms with E-state index in [1.807, 2.05) is 26.0 Å². The zero-order valence-corrected chi connectivity index (χ0v) is 13.5. The summed E-state index contributed by atoms with van der Waals surface area (Å²) in [6.07, 6.45) is 0. The van der Waals surface area contributed by atoms with Gasteiger partial charge in [-0.1, -0.05) is 13.8 Å². The lowest BCUT2D eigenvalue weighted by Gasteiger charge is -2.24. The summed E-state index contributed by atoms with van der Waals surface area (Å²) >= 11 is 0. The highest BCUT2D eigenvalue weighted by molar-refractivity contribution is 5.69. The van der Waals surface area contributed by atoms with Crippen LogP contribution >= 0.6 is 0 Å². The van der Waals surface area contributed by atoms with Gasteiger partial charge in [0.1, 0.15) is 0 Å². The van der Waals surface area contributed by atoms with E-state index in [1.54, 1.807) is 21.1 Å². The second-order valence-corrected chi connectivity index (χ2v) is 5.20. The maximum absolute atomic E-state index is 11.0. The zero-order valence-electron chi connectivity index (χ0n) is 13.5. The van der Waals surface area contributed by atoms with Gasteiger partial charge in [-0.15, -0.1) is 0 Å². The molecule has 1 atom stereocenters. The van der Waals surface area contributed by atoms with Crippen LogP contribution in [0.4, 0.5) is 0 Å². The van der Waals surface area contributed by atoms with Crippen LogP contribution in [0, 0.1) is 12.8 Å². The molecule has 0 aliphatic rings. The fourth-order valence-corrected chi connectivity index (χ4v) is 2.20. The Balaban J connectivity index is 2.91. The average molecular weight is 295 g/mol. The summed E-state index contributed by atoms with van der Waals surface area (Å²) in [5.74, 6) is 0.254. The Morgan fingerprint density at radius 2 is 1.86 bits per heavy atom. The van der Waals surface area contributed by atoms with E-state index >= 15 is 0 Å². The molecule has 21 heavy (non-hydrogen) atoms. The van der Waals surface area contributed by atoms with E-state index in [2.05, 4.69) is 4.90 Å². The number of carboxylic acids is 1. The van der Waals surface area contributed by atoms with Gasteiger partial charge >= 0.3 is 5.97 Å². The van der Waals surface area contributed by atoms with Gasteiger partial charge in [-0.25, -0.2) is 0 Å². The number of carboxylic acid groups (broad SMARTS) is 1. The molecule has 0 aliphatic carbocycles. The SMILES string of the molecule is CCN(Cc1cc(OC)c(OC)cc1C)CC(C)C(=O)O. The summed E-state index contributed by atoms with van der Waals surface area (Å²) in [7, 11) is 3.23. The maximum atomic E-state index is 11.0. The van der Waals surface area contributed by atoms with Gasteiger partial charge in [0, 0.05) is 13.1 Å². The summed E-state index contributed by atoms with van der Waals surface area (Å²) in [6.45, 7) is 7.80. The van der Waals surface area contributed by atoms with E-state index in [0.717, 1.165) is 17.7 Å². The highest BCUT2D eigenvalue weighted by Gasteiger charge is 2.17. The molecule has 0 aliphatic heterocycles. The Bertz CT molecular complexity index is 487. The summed E-state index contributed by atoms with van der Waals surface area (Å²) in [6, 6.07) is 3.91. The molecule has 1 N–H and O–H groups in total. The molecule has 0 fully saturated rings. The summed E-state index contributed by atoms with van der Waals surface area (Å²) < 4.78 is 10.6. The van der Waals surface area contributed by atoms with E-state index in [1.165, 1.54) is 0 Å². The quantitative estimate of drug-likeness (QED) is 0.798. The van der Waals surface area contributed by atoms with Crippen molar-refractivity contribution in [1.82, 2.24) is 4.90 Å². The van der Waals surface area contributed by atoms with Crippen molar-refractivity contribution in [3.05, 3.63) is 23.3 Å².